The molecule has 1 aromatic heterocycles. The number of aliphatic carboxylic acids is 1. The number of ketones is 1. The summed E-state index contributed by atoms with van der Waals surface area (Å²) in [6.45, 7) is 0. The topological polar surface area (TPSA) is 98.0 Å². The Hall–Kier alpha value is -2.70. The minimum atomic E-state index is -1.46. The van der Waals surface area contributed by atoms with Gasteiger partial charge < -0.3 is 28.5 Å². The van der Waals surface area contributed by atoms with Crippen molar-refractivity contribution in [3.63, 3.8) is 0 Å². The van der Waals surface area contributed by atoms with Crippen LogP contribution in [0.1, 0.15) is 16.8 Å². The highest BCUT2D eigenvalue weighted by Gasteiger charge is 2.36. The second-order valence-electron chi connectivity index (χ2n) is 4.49. The van der Waals surface area contributed by atoms with Crippen molar-refractivity contribution in [2.75, 3.05) is 14.2 Å². The summed E-state index contributed by atoms with van der Waals surface area (Å²) in [5.74, 6) is -1.44. The number of hydrogen-bond donors (Lipinski definition) is 0. The maximum Gasteiger partial charge on any atom is 0.205 e. The van der Waals surface area contributed by atoms with E-state index < -0.39 is 17.9 Å². The highest BCUT2D eigenvalue weighted by atomic mass is 16.5. The third kappa shape index (κ3) is 1.81. The SMILES string of the molecule is COc1c2c(c(OC)c3occc13)OC(C(=O)[O-])CC2=O. The van der Waals surface area contributed by atoms with Crippen molar-refractivity contribution in [1.29, 1.82) is 0 Å². The fraction of sp³-hybridized carbons (Fsp3) is 0.286. The number of carbonyl (C=O) groups is 2. The molecule has 1 aliphatic rings. The zero-order valence-corrected chi connectivity index (χ0v) is 11.3. The molecule has 0 spiro atoms. The largest absolute Gasteiger partial charge is 0.546 e. The third-order valence-electron chi connectivity index (χ3n) is 3.36. The van der Waals surface area contributed by atoms with Gasteiger partial charge in [-0.1, -0.05) is 0 Å². The lowest BCUT2D eigenvalue weighted by molar-refractivity contribution is -0.313. The number of benzene rings is 1. The lowest BCUT2D eigenvalue weighted by atomic mass is 9.97. The molecule has 0 N–H and O–H groups in total. The molecule has 1 aliphatic heterocycles. The zero-order valence-electron chi connectivity index (χ0n) is 11.3. The summed E-state index contributed by atoms with van der Waals surface area (Å²) < 4.78 is 21.2. The molecule has 0 fully saturated rings. The number of rotatable bonds is 3. The number of carboxylic acid groups (broad SMARTS) is 1. The van der Waals surface area contributed by atoms with Crippen LogP contribution >= 0.6 is 0 Å². The molecule has 1 atom stereocenters. The molecule has 2 aromatic rings. The van der Waals surface area contributed by atoms with Crippen molar-refractivity contribution in [2.45, 2.75) is 12.5 Å². The molecule has 1 aromatic carbocycles. The molecule has 3 rings (SSSR count). The van der Waals surface area contributed by atoms with E-state index in [-0.39, 0.29) is 29.2 Å². The molecule has 110 valence electrons. The van der Waals surface area contributed by atoms with Gasteiger partial charge in [0.1, 0.15) is 17.4 Å². The van der Waals surface area contributed by atoms with Crippen molar-refractivity contribution in [1.82, 2.24) is 0 Å². The van der Waals surface area contributed by atoms with E-state index in [4.69, 9.17) is 18.6 Å². The van der Waals surface area contributed by atoms with E-state index in [1.807, 2.05) is 0 Å². The summed E-state index contributed by atoms with van der Waals surface area (Å²) >= 11 is 0. The Kier molecular flexibility index (Phi) is 2.97. The van der Waals surface area contributed by atoms with Crippen LogP contribution in [-0.2, 0) is 4.79 Å². The van der Waals surface area contributed by atoms with Crippen molar-refractivity contribution < 1.29 is 33.3 Å². The molecule has 7 nitrogen and oxygen atoms in total. The van der Waals surface area contributed by atoms with Crippen molar-refractivity contribution in [3.05, 3.63) is 17.9 Å². The van der Waals surface area contributed by atoms with Gasteiger partial charge in [0.25, 0.3) is 0 Å². The van der Waals surface area contributed by atoms with E-state index in [1.54, 1.807) is 6.07 Å². The minimum absolute atomic E-state index is 0.00208. The Bertz CT molecular complexity index is 743. The van der Waals surface area contributed by atoms with E-state index in [2.05, 4.69) is 0 Å². The van der Waals surface area contributed by atoms with Gasteiger partial charge in [0.15, 0.2) is 17.1 Å². The van der Waals surface area contributed by atoms with Gasteiger partial charge >= 0.3 is 0 Å². The molecule has 0 saturated heterocycles. The molecular weight excluding hydrogens is 280 g/mol. The van der Waals surface area contributed by atoms with Gasteiger partial charge in [0.05, 0.1) is 38.3 Å². The van der Waals surface area contributed by atoms with Crippen LogP contribution < -0.4 is 19.3 Å². The summed E-state index contributed by atoms with van der Waals surface area (Å²) in [5, 5.41) is 11.5. The monoisotopic (exact) mass is 291 g/mol. The fourth-order valence-corrected chi connectivity index (χ4v) is 2.47. The highest BCUT2D eigenvalue weighted by Crippen LogP contribution is 2.48. The van der Waals surface area contributed by atoms with Gasteiger partial charge in [-0.3, -0.25) is 4.79 Å². The average Bonchev–Trinajstić information content (AvgIpc) is 2.93. The molecule has 2 heterocycles. The number of furan rings is 1. The lowest BCUT2D eigenvalue weighted by Gasteiger charge is -2.28. The number of fused-ring (bicyclic) bond motifs is 2. The third-order valence-corrected chi connectivity index (χ3v) is 3.36. The Balaban J connectivity index is 2.34. The highest BCUT2D eigenvalue weighted by molar-refractivity contribution is 6.11. The van der Waals surface area contributed by atoms with E-state index in [1.165, 1.54) is 20.5 Å². The van der Waals surface area contributed by atoms with E-state index in [0.717, 1.165) is 0 Å². The maximum absolute atomic E-state index is 12.3. The second-order valence-corrected chi connectivity index (χ2v) is 4.49. The first-order valence-electron chi connectivity index (χ1n) is 6.14. The van der Waals surface area contributed by atoms with Crippen molar-refractivity contribution in [2.24, 2.45) is 0 Å². The Morgan fingerprint density at radius 1 is 1.33 bits per heavy atom. The first-order chi connectivity index (χ1) is 10.1. The summed E-state index contributed by atoms with van der Waals surface area (Å²) in [7, 11) is 2.78. The standard InChI is InChI=1S/C14H12O7/c1-18-10-6-3-4-20-11(6)13(19-2)12-9(10)7(15)5-8(21-12)14(16)17/h3-4,8H,5H2,1-2H3,(H,16,17)/p-1. The van der Waals surface area contributed by atoms with Crippen LogP contribution in [0.4, 0.5) is 0 Å². The van der Waals surface area contributed by atoms with E-state index in [9.17, 15) is 14.7 Å². The molecule has 21 heavy (non-hydrogen) atoms. The summed E-state index contributed by atoms with van der Waals surface area (Å²) in [5.41, 5.74) is 0.473. The van der Waals surface area contributed by atoms with Gasteiger partial charge in [-0.05, 0) is 6.07 Å². The molecular formula is C14H11O7-. The van der Waals surface area contributed by atoms with Crippen molar-refractivity contribution >= 4 is 22.7 Å². The first kappa shape index (κ1) is 13.3. The van der Waals surface area contributed by atoms with Crippen LogP contribution in [0.25, 0.3) is 11.0 Å². The number of Topliss-reactive ketones (excluding diaryl/α,β-unsaturated/α-hetero) is 1. The number of hydrogen-bond acceptors (Lipinski definition) is 7. The summed E-state index contributed by atoms with van der Waals surface area (Å²) in [6.07, 6.45) is -0.268. The number of carboxylic acids is 1. The zero-order chi connectivity index (χ0) is 15.1. The van der Waals surface area contributed by atoms with Crippen LogP contribution in [0.5, 0.6) is 17.2 Å². The summed E-state index contributed by atoms with van der Waals surface area (Å²) in [6, 6.07) is 1.63. The molecule has 0 bridgehead atoms. The Labute approximate surface area is 119 Å². The van der Waals surface area contributed by atoms with Crippen LogP contribution in [0.15, 0.2) is 16.7 Å². The van der Waals surface area contributed by atoms with Gasteiger partial charge in [-0.25, -0.2) is 0 Å². The van der Waals surface area contributed by atoms with Gasteiger partial charge in [-0.15, -0.1) is 0 Å². The van der Waals surface area contributed by atoms with Crippen molar-refractivity contribution in [3.8, 4) is 17.2 Å². The number of methoxy groups -OCH3 is 2. The first-order valence-corrected chi connectivity index (χ1v) is 6.14. The predicted molar refractivity (Wildman–Crippen MR) is 67.7 cm³/mol. The van der Waals surface area contributed by atoms with Gasteiger partial charge in [-0.2, -0.15) is 0 Å². The van der Waals surface area contributed by atoms with Crippen LogP contribution in [-0.4, -0.2) is 32.1 Å². The fourth-order valence-electron chi connectivity index (χ4n) is 2.47. The van der Waals surface area contributed by atoms with Gasteiger partial charge in [0, 0.05) is 0 Å². The molecule has 0 amide bonds. The lowest BCUT2D eigenvalue weighted by Crippen LogP contribution is -2.43. The van der Waals surface area contributed by atoms with Crippen LogP contribution in [0.2, 0.25) is 0 Å². The van der Waals surface area contributed by atoms with Crippen LogP contribution in [0, 0.1) is 0 Å². The number of carbonyl (C=O) groups excluding carboxylic acids is 2. The molecule has 0 radical (unpaired) electrons. The normalized spacial score (nSPS) is 17.2. The maximum atomic E-state index is 12.3. The number of ether oxygens (including phenoxy) is 3. The minimum Gasteiger partial charge on any atom is -0.546 e. The molecule has 0 saturated carbocycles. The molecule has 1 unspecified atom stereocenters. The Morgan fingerprint density at radius 2 is 2.05 bits per heavy atom. The van der Waals surface area contributed by atoms with Gasteiger partial charge in [0.2, 0.25) is 5.75 Å². The van der Waals surface area contributed by atoms with Crippen LogP contribution in [0.3, 0.4) is 0 Å². The average molecular weight is 291 g/mol. The van der Waals surface area contributed by atoms with E-state index in [0.29, 0.717) is 11.0 Å². The Morgan fingerprint density at radius 3 is 2.67 bits per heavy atom. The smallest absolute Gasteiger partial charge is 0.205 e. The quantitative estimate of drug-likeness (QED) is 0.813. The molecule has 7 heteroatoms. The second kappa shape index (κ2) is 4.69. The predicted octanol–water partition coefficient (Wildman–Crippen LogP) is 0.534. The summed E-state index contributed by atoms with van der Waals surface area (Å²) in [4.78, 5) is 23.3. The molecule has 0 aliphatic carbocycles. The van der Waals surface area contributed by atoms with E-state index >= 15 is 0 Å².